The fourth-order valence-electron chi connectivity index (χ4n) is 2.62. The number of aliphatic imine (C=N–C) groups is 1. The Morgan fingerprint density at radius 1 is 1.04 bits per heavy atom. The van der Waals surface area contributed by atoms with Gasteiger partial charge >= 0.3 is 0 Å². The maximum Gasteiger partial charge on any atom is 0.238 e. The van der Waals surface area contributed by atoms with Crippen molar-refractivity contribution in [2.75, 3.05) is 13.1 Å². The van der Waals surface area contributed by atoms with Crippen LogP contribution >= 0.6 is 0 Å². The lowest BCUT2D eigenvalue weighted by Crippen LogP contribution is -2.37. The average Bonchev–Trinajstić information content (AvgIpc) is 2.61. The van der Waals surface area contributed by atoms with Crippen molar-refractivity contribution in [2.45, 2.75) is 70.2 Å². The van der Waals surface area contributed by atoms with E-state index in [4.69, 9.17) is 5.14 Å². The number of primary sulfonamides is 1. The Bertz CT molecular complexity index is 645. The average molecular weight is 383 g/mol. The van der Waals surface area contributed by atoms with Crippen molar-refractivity contribution < 1.29 is 8.42 Å². The number of nitrogens with zero attached hydrogens (tertiary/aromatic N) is 1. The van der Waals surface area contributed by atoms with E-state index in [0.717, 1.165) is 31.0 Å². The lowest BCUT2D eigenvalue weighted by molar-refractivity contribution is 0.584. The third kappa shape index (κ3) is 9.77. The summed E-state index contributed by atoms with van der Waals surface area (Å²) in [5.74, 6) is 0.750. The van der Waals surface area contributed by atoms with E-state index in [9.17, 15) is 8.42 Å². The summed E-state index contributed by atoms with van der Waals surface area (Å²) in [6.07, 6.45) is 8.92. The highest BCUT2D eigenvalue weighted by atomic mass is 32.2. The minimum Gasteiger partial charge on any atom is -0.357 e. The quantitative estimate of drug-likeness (QED) is 0.294. The molecule has 0 heterocycles. The molecule has 0 atom stereocenters. The molecule has 0 aliphatic rings. The second kappa shape index (κ2) is 12.7. The summed E-state index contributed by atoms with van der Waals surface area (Å²) in [4.78, 5) is 4.64. The number of nitrogens with two attached hydrogens (primary N) is 1. The summed E-state index contributed by atoms with van der Waals surface area (Å²) in [6.45, 7) is 6.32. The van der Waals surface area contributed by atoms with Gasteiger partial charge in [0.15, 0.2) is 5.96 Å². The summed E-state index contributed by atoms with van der Waals surface area (Å²) in [6, 6.07) is 6.59. The van der Waals surface area contributed by atoms with Crippen molar-refractivity contribution in [2.24, 2.45) is 10.1 Å². The van der Waals surface area contributed by atoms with Gasteiger partial charge in [0.1, 0.15) is 0 Å². The van der Waals surface area contributed by atoms with Crippen LogP contribution < -0.4 is 15.8 Å². The third-order valence-electron chi connectivity index (χ3n) is 4.06. The third-order valence-corrected chi connectivity index (χ3v) is 4.97. The number of sulfonamides is 1. The van der Waals surface area contributed by atoms with Crippen molar-refractivity contribution in [3.05, 3.63) is 29.8 Å². The van der Waals surface area contributed by atoms with Gasteiger partial charge in [-0.1, -0.05) is 57.6 Å². The first-order valence-electron chi connectivity index (χ1n) is 9.61. The van der Waals surface area contributed by atoms with Gasteiger partial charge in [0.05, 0.1) is 11.4 Å². The molecular weight excluding hydrogens is 348 g/mol. The lowest BCUT2D eigenvalue weighted by atomic mass is 10.1. The number of rotatable bonds is 12. The summed E-state index contributed by atoms with van der Waals surface area (Å²) >= 11 is 0. The summed E-state index contributed by atoms with van der Waals surface area (Å²) in [5.41, 5.74) is 0.810. The molecule has 0 radical (unpaired) electrons. The molecule has 4 N–H and O–H groups in total. The number of unbranched alkanes of at least 4 members (excludes halogenated alkanes) is 6. The number of guanidine groups is 1. The molecule has 1 aromatic carbocycles. The molecule has 0 aliphatic heterocycles. The van der Waals surface area contributed by atoms with E-state index in [2.05, 4.69) is 22.5 Å². The van der Waals surface area contributed by atoms with E-state index >= 15 is 0 Å². The Labute approximate surface area is 158 Å². The second-order valence-electron chi connectivity index (χ2n) is 6.44. The van der Waals surface area contributed by atoms with Gasteiger partial charge in [-0.05, 0) is 31.0 Å². The predicted molar refractivity (Wildman–Crippen MR) is 109 cm³/mol. The molecule has 0 fully saturated rings. The van der Waals surface area contributed by atoms with E-state index < -0.39 is 10.0 Å². The van der Waals surface area contributed by atoms with E-state index in [1.807, 2.05) is 13.0 Å². The predicted octanol–water partition coefficient (Wildman–Crippen LogP) is 3.14. The van der Waals surface area contributed by atoms with E-state index in [-0.39, 0.29) is 4.90 Å². The Hall–Kier alpha value is -1.60. The summed E-state index contributed by atoms with van der Waals surface area (Å²) in [7, 11) is -3.68. The molecule has 1 aromatic rings. The van der Waals surface area contributed by atoms with Crippen LogP contribution in [-0.2, 0) is 16.6 Å². The van der Waals surface area contributed by atoms with Crippen molar-refractivity contribution in [1.29, 1.82) is 0 Å². The number of nitrogens with one attached hydrogen (secondary N) is 2. The largest absolute Gasteiger partial charge is 0.357 e. The second-order valence-corrected chi connectivity index (χ2v) is 8.00. The van der Waals surface area contributed by atoms with Gasteiger partial charge in [-0.15, -0.1) is 0 Å². The minimum atomic E-state index is -3.68. The molecule has 0 saturated carbocycles. The molecule has 7 heteroatoms. The molecule has 26 heavy (non-hydrogen) atoms. The van der Waals surface area contributed by atoms with Gasteiger partial charge in [0.25, 0.3) is 0 Å². The highest BCUT2D eigenvalue weighted by molar-refractivity contribution is 7.89. The highest BCUT2D eigenvalue weighted by Gasteiger charge is 2.07. The number of hydrogen-bond donors (Lipinski definition) is 3. The van der Waals surface area contributed by atoms with Gasteiger partial charge in [-0.2, -0.15) is 0 Å². The van der Waals surface area contributed by atoms with Crippen molar-refractivity contribution in [3.8, 4) is 0 Å². The monoisotopic (exact) mass is 382 g/mol. The molecule has 0 amide bonds. The van der Waals surface area contributed by atoms with Gasteiger partial charge in [0.2, 0.25) is 10.0 Å². The molecule has 0 unspecified atom stereocenters. The first-order valence-corrected chi connectivity index (χ1v) is 11.2. The van der Waals surface area contributed by atoms with Gasteiger partial charge < -0.3 is 10.6 Å². The van der Waals surface area contributed by atoms with Gasteiger partial charge in [-0.25, -0.2) is 18.5 Å². The van der Waals surface area contributed by atoms with Gasteiger partial charge in [0, 0.05) is 13.1 Å². The SMILES string of the molecule is CCCCCCCCCNC(=NCc1cccc(S(N)(=O)=O)c1)NCC. The first kappa shape index (κ1) is 22.4. The topological polar surface area (TPSA) is 96.6 Å². The van der Waals surface area contributed by atoms with E-state index in [1.54, 1.807) is 12.1 Å². The molecule has 148 valence electrons. The van der Waals surface area contributed by atoms with Crippen LogP contribution in [0.15, 0.2) is 34.2 Å². The first-order chi connectivity index (χ1) is 12.5. The zero-order valence-electron chi connectivity index (χ0n) is 16.1. The van der Waals surface area contributed by atoms with Crippen LogP contribution in [-0.4, -0.2) is 27.5 Å². The molecule has 0 saturated heterocycles. The fraction of sp³-hybridized carbons (Fsp3) is 0.632. The molecule has 0 aromatic heterocycles. The van der Waals surface area contributed by atoms with Crippen molar-refractivity contribution >= 4 is 16.0 Å². The molecule has 0 aliphatic carbocycles. The smallest absolute Gasteiger partial charge is 0.238 e. The Morgan fingerprint density at radius 3 is 2.38 bits per heavy atom. The van der Waals surface area contributed by atoms with Crippen LogP contribution in [0.1, 0.15) is 64.4 Å². The van der Waals surface area contributed by atoms with Crippen LogP contribution in [0.25, 0.3) is 0 Å². The van der Waals surface area contributed by atoms with Crippen LogP contribution in [0.4, 0.5) is 0 Å². The number of hydrogen-bond acceptors (Lipinski definition) is 3. The van der Waals surface area contributed by atoms with E-state index in [1.165, 1.54) is 44.6 Å². The molecule has 0 spiro atoms. The van der Waals surface area contributed by atoms with Gasteiger partial charge in [-0.3, -0.25) is 0 Å². The minimum absolute atomic E-state index is 0.117. The molecular formula is C19H34N4O2S. The maximum atomic E-state index is 11.4. The Kier molecular flexibility index (Phi) is 11.0. The van der Waals surface area contributed by atoms with Crippen molar-refractivity contribution in [3.63, 3.8) is 0 Å². The molecule has 6 nitrogen and oxygen atoms in total. The normalized spacial score (nSPS) is 12.2. The maximum absolute atomic E-state index is 11.4. The van der Waals surface area contributed by atoms with Crippen LogP contribution in [0, 0.1) is 0 Å². The zero-order chi connectivity index (χ0) is 19.3. The number of benzene rings is 1. The molecule has 0 bridgehead atoms. The zero-order valence-corrected chi connectivity index (χ0v) is 16.9. The van der Waals surface area contributed by atoms with E-state index in [0.29, 0.717) is 6.54 Å². The van der Waals surface area contributed by atoms with Crippen LogP contribution in [0.5, 0.6) is 0 Å². The Morgan fingerprint density at radius 2 is 1.73 bits per heavy atom. The Balaban J connectivity index is 2.44. The summed E-state index contributed by atoms with van der Waals surface area (Å²) in [5, 5.41) is 11.7. The van der Waals surface area contributed by atoms with Crippen LogP contribution in [0.2, 0.25) is 0 Å². The molecule has 1 rings (SSSR count). The highest BCUT2D eigenvalue weighted by Crippen LogP contribution is 2.10. The standard InChI is InChI=1S/C19H34N4O2S/c1-3-5-6-7-8-9-10-14-22-19(21-4-2)23-16-17-12-11-13-18(15-17)26(20,24)25/h11-13,15H,3-10,14,16H2,1-2H3,(H2,20,24,25)(H2,21,22,23). The lowest BCUT2D eigenvalue weighted by Gasteiger charge is -2.11. The van der Waals surface area contributed by atoms with Crippen LogP contribution in [0.3, 0.4) is 0 Å². The summed E-state index contributed by atoms with van der Waals surface area (Å²) < 4.78 is 22.9. The fourth-order valence-corrected chi connectivity index (χ4v) is 3.21. The van der Waals surface area contributed by atoms with Crippen molar-refractivity contribution in [1.82, 2.24) is 10.6 Å².